The van der Waals surface area contributed by atoms with E-state index in [4.69, 9.17) is 4.74 Å². The summed E-state index contributed by atoms with van der Waals surface area (Å²) in [4.78, 5) is 35.8. The molecule has 0 unspecified atom stereocenters. The van der Waals surface area contributed by atoms with Gasteiger partial charge in [0.05, 0.1) is 21.6 Å². The van der Waals surface area contributed by atoms with Crippen LogP contribution in [0.3, 0.4) is 0 Å². The number of hydrogen-bond donors (Lipinski definition) is 2. The summed E-state index contributed by atoms with van der Waals surface area (Å²) in [6.07, 6.45) is 5.91. The van der Waals surface area contributed by atoms with Crippen LogP contribution in [0.15, 0.2) is 30.5 Å². The summed E-state index contributed by atoms with van der Waals surface area (Å²) in [5.74, 6) is 0.211. The van der Waals surface area contributed by atoms with Crippen LogP contribution in [0.4, 0.5) is 15.6 Å². The molecule has 0 atom stereocenters. The maximum absolute atomic E-state index is 12.9. The third-order valence-electron chi connectivity index (χ3n) is 6.48. The number of pyridine rings is 1. The van der Waals surface area contributed by atoms with E-state index in [-0.39, 0.29) is 24.0 Å². The van der Waals surface area contributed by atoms with Crippen molar-refractivity contribution in [2.75, 3.05) is 29.9 Å². The number of aromatic nitrogens is 2. The third kappa shape index (κ3) is 4.18. The lowest BCUT2D eigenvalue weighted by Crippen LogP contribution is -2.38. The smallest absolute Gasteiger partial charge is 0.414 e. The molecule has 3 aliphatic rings. The topological polar surface area (TPSA) is 96.5 Å². The number of nitrogens with zero attached hydrogens (tertiary/aromatic N) is 3. The number of thiazole rings is 1. The molecule has 8 nitrogen and oxygen atoms in total. The Kier molecular flexibility index (Phi) is 5.22. The van der Waals surface area contributed by atoms with Gasteiger partial charge in [-0.2, -0.15) is 0 Å². The van der Waals surface area contributed by atoms with E-state index in [1.807, 2.05) is 24.4 Å². The Labute approximate surface area is 195 Å². The molecule has 2 aromatic heterocycles. The van der Waals surface area contributed by atoms with Crippen LogP contribution < -0.4 is 15.5 Å². The molecule has 1 saturated heterocycles. The van der Waals surface area contributed by atoms with E-state index in [9.17, 15) is 9.59 Å². The second kappa shape index (κ2) is 8.39. The quantitative estimate of drug-likeness (QED) is 0.608. The molecule has 1 aromatic carbocycles. The molecule has 0 radical (unpaired) electrons. The van der Waals surface area contributed by atoms with Crippen LogP contribution in [0.25, 0.3) is 21.3 Å². The molecule has 1 saturated carbocycles. The minimum atomic E-state index is -0.284. The molecule has 0 bridgehead atoms. The molecule has 2 N–H and O–H groups in total. The van der Waals surface area contributed by atoms with E-state index < -0.39 is 0 Å². The van der Waals surface area contributed by atoms with Gasteiger partial charge in [0.15, 0.2) is 5.13 Å². The van der Waals surface area contributed by atoms with Gasteiger partial charge < -0.3 is 15.4 Å². The van der Waals surface area contributed by atoms with Crippen molar-refractivity contribution in [2.45, 2.75) is 38.2 Å². The third-order valence-corrected chi connectivity index (χ3v) is 7.42. The van der Waals surface area contributed by atoms with Crippen LogP contribution in [0, 0.1) is 5.92 Å². The standard InChI is InChI=1S/C24H25N5O3S/c30-22(14-1-2-14)28-23-27-19-4-3-15(12-21(19)33-23)16-11-20-18(26-13-16)7-10-29(20)24(31)32-17-5-8-25-9-6-17/h3-4,11-14,17,25H,1-2,5-10H2,(H,27,28,30). The monoisotopic (exact) mass is 463 g/mol. The van der Waals surface area contributed by atoms with Crippen molar-refractivity contribution in [1.82, 2.24) is 15.3 Å². The van der Waals surface area contributed by atoms with E-state index in [1.54, 1.807) is 4.90 Å². The Morgan fingerprint density at radius 2 is 1.97 bits per heavy atom. The minimum Gasteiger partial charge on any atom is -0.446 e. The van der Waals surface area contributed by atoms with Gasteiger partial charge >= 0.3 is 6.09 Å². The number of amides is 2. The predicted octanol–water partition coefficient (Wildman–Crippen LogP) is 3.96. The highest BCUT2D eigenvalue weighted by Crippen LogP contribution is 2.36. The molecule has 4 heterocycles. The summed E-state index contributed by atoms with van der Waals surface area (Å²) in [6, 6.07) is 8.06. The van der Waals surface area contributed by atoms with Crippen molar-refractivity contribution in [3.63, 3.8) is 0 Å². The average molecular weight is 464 g/mol. The van der Waals surface area contributed by atoms with Crippen molar-refractivity contribution in [1.29, 1.82) is 0 Å². The SMILES string of the molecule is O=C(Nc1nc2ccc(-c3cnc4c(c3)N(C(=O)OC3CCNCC3)CC4)cc2s1)C1CC1. The van der Waals surface area contributed by atoms with Crippen LogP contribution in [-0.4, -0.2) is 47.7 Å². The highest BCUT2D eigenvalue weighted by atomic mass is 32.1. The van der Waals surface area contributed by atoms with Gasteiger partial charge in [0.1, 0.15) is 6.10 Å². The van der Waals surface area contributed by atoms with Crippen LogP contribution >= 0.6 is 11.3 Å². The minimum absolute atomic E-state index is 0.0257. The summed E-state index contributed by atoms with van der Waals surface area (Å²) in [5.41, 5.74) is 4.54. The van der Waals surface area contributed by atoms with Gasteiger partial charge in [0, 0.05) is 30.6 Å². The fourth-order valence-corrected chi connectivity index (χ4v) is 5.33. The van der Waals surface area contributed by atoms with E-state index in [0.29, 0.717) is 11.7 Å². The first-order chi connectivity index (χ1) is 16.1. The molecule has 6 rings (SSSR count). The van der Waals surface area contributed by atoms with Gasteiger partial charge in [0.25, 0.3) is 0 Å². The molecule has 2 aliphatic heterocycles. The molecule has 3 aromatic rings. The molecular weight excluding hydrogens is 438 g/mol. The second-order valence-electron chi connectivity index (χ2n) is 8.89. The molecule has 0 spiro atoms. The Balaban J connectivity index is 1.23. The Morgan fingerprint density at radius 1 is 1.12 bits per heavy atom. The molecular formula is C24H25N5O3S. The van der Waals surface area contributed by atoms with Gasteiger partial charge in [0.2, 0.25) is 5.91 Å². The zero-order valence-corrected chi connectivity index (χ0v) is 19.0. The molecule has 2 fully saturated rings. The van der Waals surface area contributed by atoms with E-state index in [0.717, 1.165) is 77.9 Å². The van der Waals surface area contributed by atoms with Crippen LogP contribution in [0.5, 0.6) is 0 Å². The number of anilines is 2. The average Bonchev–Trinajstić information content (AvgIpc) is 3.48. The van der Waals surface area contributed by atoms with Crippen molar-refractivity contribution < 1.29 is 14.3 Å². The summed E-state index contributed by atoms with van der Waals surface area (Å²) in [6.45, 7) is 2.35. The largest absolute Gasteiger partial charge is 0.446 e. The molecule has 33 heavy (non-hydrogen) atoms. The van der Waals surface area contributed by atoms with Crippen molar-refractivity contribution in [2.24, 2.45) is 5.92 Å². The summed E-state index contributed by atoms with van der Waals surface area (Å²) in [7, 11) is 0. The van der Waals surface area contributed by atoms with E-state index >= 15 is 0 Å². The first-order valence-corrected chi connectivity index (χ1v) is 12.4. The highest BCUT2D eigenvalue weighted by molar-refractivity contribution is 7.22. The van der Waals surface area contributed by atoms with E-state index in [2.05, 4.69) is 26.7 Å². The number of carbonyl (C=O) groups is 2. The van der Waals surface area contributed by atoms with Crippen LogP contribution in [0.1, 0.15) is 31.4 Å². The maximum Gasteiger partial charge on any atom is 0.414 e. The fourth-order valence-electron chi connectivity index (χ4n) is 4.42. The zero-order chi connectivity index (χ0) is 22.4. The summed E-state index contributed by atoms with van der Waals surface area (Å²) < 4.78 is 6.77. The lowest BCUT2D eigenvalue weighted by Gasteiger charge is -2.25. The van der Waals surface area contributed by atoms with Crippen LogP contribution in [-0.2, 0) is 16.0 Å². The number of ether oxygens (including phenoxy) is 1. The summed E-state index contributed by atoms with van der Waals surface area (Å²) >= 11 is 1.48. The Hall–Kier alpha value is -3.04. The number of nitrogens with one attached hydrogen (secondary N) is 2. The number of benzene rings is 1. The van der Waals surface area contributed by atoms with Gasteiger partial charge in [-0.3, -0.25) is 14.7 Å². The van der Waals surface area contributed by atoms with Gasteiger partial charge in [-0.1, -0.05) is 17.4 Å². The molecule has 1 aliphatic carbocycles. The Morgan fingerprint density at radius 3 is 2.79 bits per heavy atom. The number of rotatable bonds is 4. The molecule has 2 amide bonds. The fraction of sp³-hybridized carbons (Fsp3) is 0.417. The first-order valence-electron chi connectivity index (χ1n) is 11.5. The van der Waals surface area contributed by atoms with Crippen molar-refractivity contribution in [3.8, 4) is 11.1 Å². The lowest BCUT2D eigenvalue weighted by molar-refractivity contribution is -0.117. The van der Waals surface area contributed by atoms with E-state index in [1.165, 1.54) is 11.3 Å². The van der Waals surface area contributed by atoms with Gasteiger partial charge in [-0.05, 0) is 62.5 Å². The van der Waals surface area contributed by atoms with Crippen molar-refractivity contribution in [3.05, 3.63) is 36.2 Å². The number of hydrogen-bond acceptors (Lipinski definition) is 7. The first kappa shape index (κ1) is 20.6. The van der Waals surface area contributed by atoms with Crippen molar-refractivity contribution >= 4 is 44.4 Å². The maximum atomic E-state index is 12.9. The molecule has 9 heteroatoms. The second-order valence-corrected chi connectivity index (χ2v) is 9.92. The number of piperidine rings is 1. The lowest BCUT2D eigenvalue weighted by atomic mass is 10.1. The number of fused-ring (bicyclic) bond motifs is 2. The van der Waals surface area contributed by atoms with Gasteiger partial charge in [-0.15, -0.1) is 0 Å². The highest BCUT2D eigenvalue weighted by Gasteiger charge is 2.31. The predicted molar refractivity (Wildman–Crippen MR) is 128 cm³/mol. The summed E-state index contributed by atoms with van der Waals surface area (Å²) in [5, 5.41) is 6.86. The van der Waals surface area contributed by atoms with Crippen LogP contribution in [0.2, 0.25) is 0 Å². The Bertz CT molecular complexity index is 1230. The zero-order valence-electron chi connectivity index (χ0n) is 18.2. The van der Waals surface area contributed by atoms with Gasteiger partial charge in [-0.25, -0.2) is 9.78 Å². The molecule has 170 valence electrons. The normalized spacial score (nSPS) is 18.4. The number of carbonyl (C=O) groups excluding carboxylic acids is 2.